The lowest BCUT2D eigenvalue weighted by Crippen LogP contribution is -2.46. The van der Waals surface area contributed by atoms with Gasteiger partial charge < -0.3 is 14.4 Å². The molecular weight excluding hydrogens is 381 g/mol. The molecule has 0 saturated carbocycles. The summed E-state index contributed by atoms with van der Waals surface area (Å²) in [6.07, 6.45) is -0.960. The van der Waals surface area contributed by atoms with Gasteiger partial charge in [0.05, 0.1) is 23.2 Å². The van der Waals surface area contributed by atoms with E-state index in [9.17, 15) is 14.4 Å². The third-order valence-electron chi connectivity index (χ3n) is 3.48. The van der Waals surface area contributed by atoms with Crippen LogP contribution in [0.2, 0.25) is 10.0 Å². The lowest BCUT2D eigenvalue weighted by molar-refractivity contribution is -0.144. The number of halogens is 2. The highest BCUT2D eigenvalue weighted by atomic mass is 35.5. The van der Waals surface area contributed by atoms with Crippen molar-refractivity contribution in [3.05, 3.63) is 33.8 Å². The highest BCUT2D eigenvalue weighted by molar-refractivity contribution is 6.42. The zero-order valence-electron chi connectivity index (χ0n) is 15.5. The third-order valence-corrected chi connectivity index (χ3v) is 4.22. The van der Waals surface area contributed by atoms with Crippen LogP contribution in [0.25, 0.3) is 0 Å². The number of ether oxygens (including phenoxy) is 2. The number of rotatable bonds is 6. The molecule has 26 heavy (non-hydrogen) atoms. The maximum absolute atomic E-state index is 12.6. The second-order valence-corrected chi connectivity index (χ2v) is 7.59. The number of esters is 1. The molecule has 0 saturated heterocycles. The Morgan fingerprint density at radius 1 is 1.15 bits per heavy atom. The molecule has 0 aliphatic rings. The van der Waals surface area contributed by atoms with Crippen LogP contribution in [0, 0.1) is 0 Å². The minimum atomic E-state index is -0.916. The molecule has 1 unspecified atom stereocenters. The number of Topliss-reactive ketones (excluding diaryl/α,β-unsaturated/α-hetero) is 1. The van der Waals surface area contributed by atoms with E-state index in [1.54, 1.807) is 39.0 Å². The van der Waals surface area contributed by atoms with Crippen molar-refractivity contribution in [3.63, 3.8) is 0 Å². The first-order valence-electron chi connectivity index (χ1n) is 7.94. The highest BCUT2D eigenvalue weighted by Crippen LogP contribution is 2.24. The molecule has 1 aromatic rings. The van der Waals surface area contributed by atoms with Crippen LogP contribution in [0.5, 0.6) is 0 Å². The molecular formula is C18H23Cl2NO5. The zero-order chi connectivity index (χ0) is 20.1. The monoisotopic (exact) mass is 403 g/mol. The van der Waals surface area contributed by atoms with E-state index >= 15 is 0 Å². The van der Waals surface area contributed by atoms with Crippen molar-refractivity contribution in [2.75, 3.05) is 14.2 Å². The molecule has 0 N–H and O–H groups in total. The SMILES string of the molecule is COC(=O)CC(=O)C(Cc1ccc(Cl)c(Cl)c1)N(C)C(=O)OC(C)(C)C. The van der Waals surface area contributed by atoms with Gasteiger partial charge >= 0.3 is 12.1 Å². The molecule has 144 valence electrons. The van der Waals surface area contributed by atoms with Gasteiger partial charge in [-0.15, -0.1) is 0 Å². The Labute approximate surface area is 163 Å². The average molecular weight is 404 g/mol. The maximum atomic E-state index is 12.6. The first-order valence-corrected chi connectivity index (χ1v) is 8.69. The van der Waals surface area contributed by atoms with Gasteiger partial charge in [-0.3, -0.25) is 9.59 Å². The number of ketones is 1. The number of methoxy groups -OCH3 is 1. The Balaban J connectivity index is 3.07. The molecule has 0 radical (unpaired) electrons. The van der Waals surface area contributed by atoms with Crippen molar-refractivity contribution >= 4 is 41.0 Å². The molecule has 1 rings (SSSR count). The maximum Gasteiger partial charge on any atom is 0.410 e. The predicted molar refractivity (Wildman–Crippen MR) is 99.6 cm³/mol. The van der Waals surface area contributed by atoms with Crippen molar-refractivity contribution in [1.29, 1.82) is 0 Å². The van der Waals surface area contributed by atoms with Gasteiger partial charge in [0.15, 0.2) is 5.78 Å². The van der Waals surface area contributed by atoms with Crippen molar-refractivity contribution in [2.45, 2.75) is 45.3 Å². The number of carbonyl (C=O) groups is 3. The summed E-state index contributed by atoms with van der Waals surface area (Å²) in [7, 11) is 2.65. The van der Waals surface area contributed by atoms with Crippen LogP contribution in [0.4, 0.5) is 4.79 Å². The van der Waals surface area contributed by atoms with Crippen molar-refractivity contribution in [3.8, 4) is 0 Å². The van der Waals surface area contributed by atoms with Gasteiger partial charge in [-0.2, -0.15) is 0 Å². The van der Waals surface area contributed by atoms with Crippen LogP contribution in [0.3, 0.4) is 0 Å². The molecule has 0 aromatic heterocycles. The Bertz CT molecular complexity index is 685. The lowest BCUT2D eigenvalue weighted by Gasteiger charge is -2.30. The predicted octanol–water partition coefficient (Wildman–Crippen LogP) is 3.90. The molecule has 0 heterocycles. The van der Waals surface area contributed by atoms with Gasteiger partial charge in [0.1, 0.15) is 12.0 Å². The quantitative estimate of drug-likeness (QED) is 0.531. The summed E-state index contributed by atoms with van der Waals surface area (Å²) in [5.41, 5.74) is -0.0248. The van der Waals surface area contributed by atoms with Crippen molar-refractivity contribution in [2.24, 2.45) is 0 Å². The molecule has 0 bridgehead atoms. The largest absolute Gasteiger partial charge is 0.469 e. The number of carbonyl (C=O) groups excluding carboxylic acids is 3. The lowest BCUT2D eigenvalue weighted by atomic mass is 9.99. The number of amides is 1. The van der Waals surface area contributed by atoms with Gasteiger partial charge in [-0.1, -0.05) is 29.3 Å². The van der Waals surface area contributed by atoms with Gasteiger partial charge in [-0.25, -0.2) is 4.79 Å². The van der Waals surface area contributed by atoms with E-state index in [0.717, 1.165) is 0 Å². The number of hydrogen-bond acceptors (Lipinski definition) is 5. The molecule has 0 aliphatic heterocycles. The molecule has 1 atom stereocenters. The molecule has 0 aliphatic carbocycles. The third kappa shape index (κ3) is 6.84. The average Bonchev–Trinajstić information content (AvgIpc) is 2.53. The minimum absolute atomic E-state index is 0.155. The summed E-state index contributed by atoms with van der Waals surface area (Å²) in [4.78, 5) is 37.6. The van der Waals surface area contributed by atoms with Crippen molar-refractivity contribution < 1.29 is 23.9 Å². The zero-order valence-corrected chi connectivity index (χ0v) is 17.0. The highest BCUT2D eigenvalue weighted by Gasteiger charge is 2.31. The summed E-state index contributed by atoms with van der Waals surface area (Å²) in [6, 6.07) is 4.01. The van der Waals surface area contributed by atoms with E-state index in [0.29, 0.717) is 15.6 Å². The van der Waals surface area contributed by atoms with E-state index in [4.69, 9.17) is 27.9 Å². The van der Waals surface area contributed by atoms with Crippen LogP contribution in [-0.4, -0.2) is 48.5 Å². The second-order valence-electron chi connectivity index (χ2n) is 6.78. The van der Waals surface area contributed by atoms with Crippen LogP contribution >= 0.6 is 23.2 Å². The Hall–Kier alpha value is -1.79. The van der Waals surface area contributed by atoms with E-state index in [1.807, 2.05) is 0 Å². The molecule has 1 amide bonds. The molecule has 6 nitrogen and oxygen atoms in total. The van der Waals surface area contributed by atoms with Crippen molar-refractivity contribution in [1.82, 2.24) is 4.90 Å². The number of nitrogens with zero attached hydrogens (tertiary/aromatic N) is 1. The van der Waals surface area contributed by atoms with Crippen LogP contribution in [-0.2, 0) is 25.5 Å². The van der Waals surface area contributed by atoms with Gasteiger partial charge in [0, 0.05) is 13.5 Å². The summed E-state index contributed by atoms with van der Waals surface area (Å²) in [6.45, 7) is 5.18. The normalized spacial score (nSPS) is 12.3. The number of hydrogen-bond donors (Lipinski definition) is 0. The molecule has 1 aromatic carbocycles. The molecule has 0 spiro atoms. The fraction of sp³-hybridized carbons (Fsp3) is 0.500. The molecule has 8 heteroatoms. The fourth-order valence-corrected chi connectivity index (χ4v) is 2.47. The summed E-state index contributed by atoms with van der Waals surface area (Å²) < 4.78 is 9.86. The summed E-state index contributed by atoms with van der Waals surface area (Å²) in [5, 5.41) is 0.719. The Kier molecular flexibility index (Phi) is 7.90. The second kappa shape index (κ2) is 9.24. The number of likely N-dealkylation sites (N-methyl/N-ethyl adjacent to an activating group) is 1. The standard InChI is InChI=1S/C18H23Cl2NO5/c1-18(2,3)26-17(24)21(4)14(15(22)10-16(23)25-5)9-11-6-7-12(19)13(20)8-11/h6-8,14H,9-10H2,1-5H3. The minimum Gasteiger partial charge on any atom is -0.469 e. The Morgan fingerprint density at radius 2 is 1.77 bits per heavy atom. The van der Waals surface area contributed by atoms with Crippen LogP contribution < -0.4 is 0 Å². The van der Waals surface area contributed by atoms with E-state index in [2.05, 4.69) is 4.74 Å². The van der Waals surface area contributed by atoms with E-state index in [1.165, 1.54) is 19.1 Å². The topological polar surface area (TPSA) is 72.9 Å². The summed E-state index contributed by atoms with van der Waals surface area (Å²) >= 11 is 11.9. The van der Waals surface area contributed by atoms with Gasteiger partial charge in [0.2, 0.25) is 0 Å². The first kappa shape index (κ1) is 22.3. The first-order chi connectivity index (χ1) is 11.9. The van der Waals surface area contributed by atoms with Gasteiger partial charge in [-0.05, 0) is 38.5 Å². The number of benzene rings is 1. The van der Waals surface area contributed by atoms with E-state index in [-0.39, 0.29) is 6.42 Å². The Morgan fingerprint density at radius 3 is 2.27 bits per heavy atom. The molecule has 0 fully saturated rings. The fourth-order valence-electron chi connectivity index (χ4n) is 2.15. The van der Waals surface area contributed by atoms with E-state index < -0.39 is 35.9 Å². The van der Waals surface area contributed by atoms with Gasteiger partial charge in [0.25, 0.3) is 0 Å². The van der Waals surface area contributed by atoms with Crippen LogP contribution in [0.1, 0.15) is 32.8 Å². The summed E-state index contributed by atoms with van der Waals surface area (Å²) in [5.74, 6) is -1.14. The van der Waals surface area contributed by atoms with Crippen LogP contribution in [0.15, 0.2) is 18.2 Å². The smallest absolute Gasteiger partial charge is 0.410 e.